The van der Waals surface area contributed by atoms with Gasteiger partial charge in [0.05, 0.1) is 18.1 Å². The summed E-state index contributed by atoms with van der Waals surface area (Å²) in [5.74, 6) is 6.52. The van der Waals surface area contributed by atoms with E-state index in [9.17, 15) is 4.79 Å². The van der Waals surface area contributed by atoms with Crippen LogP contribution >= 0.6 is 11.3 Å². The monoisotopic (exact) mass is 305 g/mol. The van der Waals surface area contributed by atoms with E-state index < -0.39 is 0 Å². The molecule has 0 radical (unpaired) electrons. The van der Waals surface area contributed by atoms with Crippen molar-refractivity contribution in [2.24, 2.45) is 12.9 Å². The summed E-state index contributed by atoms with van der Waals surface area (Å²) < 4.78 is 3.31. The molecule has 0 aliphatic heterocycles. The summed E-state index contributed by atoms with van der Waals surface area (Å²) in [5, 5.41) is 4.89. The maximum Gasteiger partial charge on any atom is 0.307 e. The van der Waals surface area contributed by atoms with E-state index in [-0.39, 0.29) is 4.87 Å². The molecule has 110 valence electrons. The number of hydrogen-bond donors (Lipinski definition) is 2. The first kappa shape index (κ1) is 13.7. The van der Waals surface area contributed by atoms with Crippen molar-refractivity contribution in [3.05, 3.63) is 32.3 Å². The molecule has 3 N–H and O–H groups in total. The predicted octanol–water partition coefficient (Wildman–Crippen LogP) is 0.537. The van der Waals surface area contributed by atoms with Gasteiger partial charge < -0.3 is 5.43 Å². The number of aryl methyl sites for hydroxylation is 2. The van der Waals surface area contributed by atoms with Crippen LogP contribution in [0.2, 0.25) is 0 Å². The largest absolute Gasteiger partial charge is 0.308 e. The summed E-state index contributed by atoms with van der Waals surface area (Å²) in [7, 11) is 1.80. The Labute approximate surface area is 124 Å². The Morgan fingerprint density at radius 1 is 1.38 bits per heavy atom. The number of hydrazine groups is 1. The number of hydrogen-bond acceptors (Lipinski definition) is 7. The number of rotatable bonds is 3. The molecule has 0 fully saturated rings. The molecule has 21 heavy (non-hydrogen) atoms. The fourth-order valence-electron chi connectivity index (χ4n) is 2.16. The second kappa shape index (κ2) is 4.93. The van der Waals surface area contributed by atoms with Crippen LogP contribution in [0.15, 0.2) is 11.0 Å². The molecule has 0 bridgehead atoms. The fourth-order valence-corrected chi connectivity index (χ4v) is 2.99. The van der Waals surface area contributed by atoms with Gasteiger partial charge in [0.25, 0.3) is 0 Å². The second-order valence-electron chi connectivity index (χ2n) is 4.73. The molecule has 3 aromatic rings. The van der Waals surface area contributed by atoms with Gasteiger partial charge in [0, 0.05) is 17.6 Å². The van der Waals surface area contributed by atoms with Crippen LogP contribution in [0.25, 0.3) is 11.0 Å². The molecule has 0 spiro atoms. The number of nitrogen functional groups attached to an aromatic ring is 1. The Morgan fingerprint density at radius 2 is 2.14 bits per heavy atom. The van der Waals surface area contributed by atoms with Crippen molar-refractivity contribution in [1.82, 2.24) is 24.3 Å². The van der Waals surface area contributed by atoms with Gasteiger partial charge in [-0.3, -0.25) is 14.0 Å². The number of thiazole rings is 1. The summed E-state index contributed by atoms with van der Waals surface area (Å²) in [4.78, 5) is 21.8. The van der Waals surface area contributed by atoms with Crippen molar-refractivity contribution in [1.29, 1.82) is 0 Å². The number of anilines is 1. The predicted molar refractivity (Wildman–Crippen MR) is 81.3 cm³/mol. The van der Waals surface area contributed by atoms with E-state index in [0.29, 0.717) is 23.8 Å². The van der Waals surface area contributed by atoms with Gasteiger partial charge in [0.15, 0.2) is 17.3 Å². The highest BCUT2D eigenvalue weighted by atomic mass is 32.1. The van der Waals surface area contributed by atoms with E-state index >= 15 is 0 Å². The van der Waals surface area contributed by atoms with E-state index in [0.717, 1.165) is 16.0 Å². The molecule has 0 saturated carbocycles. The van der Waals surface area contributed by atoms with E-state index in [2.05, 4.69) is 20.5 Å². The van der Waals surface area contributed by atoms with Crippen LogP contribution in [0, 0.1) is 13.8 Å². The number of nitrogens with one attached hydrogen (secondary N) is 1. The zero-order chi connectivity index (χ0) is 15.1. The van der Waals surface area contributed by atoms with Gasteiger partial charge in [-0.1, -0.05) is 11.3 Å². The maximum atomic E-state index is 12.0. The molecule has 0 atom stereocenters. The minimum atomic E-state index is -0.0130. The third-order valence-corrected chi connectivity index (χ3v) is 4.45. The highest BCUT2D eigenvalue weighted by Crippen LogP contribution is 2.19. The van der Waals surface area contributed by atoms with Gasteiger partial charge in [-0.25, -0.2) is 15.8 Å². The number of nitrogens with two attached hydrogens (primary N) is 1. The van der Waals surface area contributed by atoms with Gasteiger partial charge in [-0.05, 0) is 13.8 Å². The van der Waals surface area contributed by atoms with Crippen molar-refractivity contribution in [3.63, 3.8) is 0 Å². The standard InChI is InChI=1S/C12H15N7OS/c1-6-7(2)21-12(20)19(6)5-9-15-10(17-13)8-4-14-18(3)11(8)16-9/h4H,5,13H2,1-3H3,(H,15,16,17). The number of fused-ring (bicyclic) bond motifs is 1. The van der Waals surface area contributed by atoms with Crippen LogP contribution in [0.3, 0.4) is 0 Å². The SMILES string of the molecule is Cc1sc(=O)n(Cc2nc(NN)c3cnn(C)c3n2)c1C. The van der Waals surface area contributed by atoms with Crippen LogP contribution in [-0.2, 0) is 13.6 Å². The molecule has 3 heterocycles. The third kappa shape index (κ3) is 2.20. The Bertz CT molecular complexity index is 876. The van der Waals surface area contributed by atoms with Crippen molar-refractivity contribution in [2.75, 3.05) is 5.43 Å². The zero-order valence-electron chi connectivity index (χ0n) is 11.9. The lowest BCUT2D eigenvalue weighted by Gasteiger charge is -2.07. The quantitative estimate of drug-likeness (QED) is 0.540. The van der Waals surface area contributed by atoms with Crippen molar-refractivity contribution >= 4 is 28.2 Å². The molecule has 0 unspecified atom stereocenters. The van der Waals surface area contributed by atoms with Gasteiger partial charge in [-0.2, -0.15) is 5.10 Å². The fraction of sp³-hybridized carbons (Fsp3) is 0.333. The van der Waals surface area contributed by atoms with Gasteiger partial charge in [0.2, 0.25) is 0 Å². The van der Waals surface area contributed by atoms with Gasteiger partial charge in [0.1, 0.15) is 0 Å². The van der Waals surface area contributed by atoms with Crippen LogP contribution < -0.4 is 16.1 Å². The smallest absolute Gasteiger partial charge is 0.307 e. The Hall–Kier alpha value is -2.26. The van der Waals surface area contributed by atoms with Crippen molar-refractivity contribution < 1.29 is 0 Å². The second-order valence-corrected chi connectivity index (χ2v) is 5.90. The van der Waals surface area contributed by atoms with E-state index in [1.807, 2.05) is 13.8 Å². The van der Waals surface area contributed by atoms with E-state index in [1.54, 1.807) is 22.5 Å². The number of nitrogens with zero attached hydrogens (tertiary/aromatic N) is 5. The van der Waals surface area contributed by atoms with Crippen molar-refractivity contribution in [2.45, 2.75) is 20.4 Å². The molecule has 0 aliphatic rings. The molecule has 0 saturated heterocycles. The highest BCUT2D eigenvalue weighted by molar-refractivity contribution is 7.09. The average molecular weight is 305 g/mol. The first-order chi connectivity index (χ1) is 10.0. The molecular formula is C12H15N7OS. The summed E-state index contributed by atoms with van der Waals surface area (Å²) in [6.07, 6.45) is 1.65. The first-order valence-electron chi connectivity index (χ1n) is 6.33. The third-order valence-electron chi connectivity index (χ3n) is 3.45. The Morgan fingerprint density at radius 3 is 2.76 bits per heavy atom. The minimum absolute atomic E-state index is 0.0130. The topological polar surface area (TPSA) is 104 Å². The lowest BCUT2D eigenvalue weighted by molar-refractivity contribution is 0.706. The molecule has 0 aliphatic carbocycles. The number of aromatic nitrogens is 5. The maximum absolute atomic E-state index is 12.0. The van der Waals surface area contributed by atoms with Gasteiger partial charge >= 0.3 is 4.87 Å². The Kier molecular flexibility index (Phi) is 3.22. The molecule has 3 rings (SSSR count). The first-order valence-corrected chi connectivity index (χ1v) is 7.15. The summed E-state index contributed by atoms with van der Waals surface area (Å²) in [5.41, 5.74) is 4.16. The van der Waals surface area contributed by atoms with E-state index in [4.69, 9.17) is 5.84 Å². The van der Waals surface area contributed by atoms with Crippen LogP contribution in [-0.4, -0.2) is 24.3 Å². The highest BCUT2D eigenvalue weighted by Gasteiger charge is 2.14. The Balaban J connectivity index is 2.12. The summed E-state index contributed by atoms with van der Waals surface area (Å²) in [6, 6.07) is 0. The molecule has 3 aromatic heterocycles. The minimum Gasteiger partial charge on any atom is -0.308 e. The zero-order valence-corrected chi connectivity index (χ0v) is 12.7. The van der Waals surface area contributed by atoms with Crippen LogP contribution in [0.1, 0.15) is 16.4 Å². The molecular weight excluding hydrogens is 290 g/mol. The molecule has 9 heteroatoms. The van der Waals surface area contributed by atoms with Crippen molar-refractivity contribution in [3.8, 4) is 0 Å². The average Bonchev–Trinajstić information content (AvgIpc) is 2.94. The molecule has 0 amide bonds. The summed E-state index contributed by atoms with van der Waals surface area (Å²) >= 11 is 1.23. The van der Waals surface area contributed by atoms with Gasteiger partial charge in [-0.15, -0.1) is 0 Å². The van der Waals surface area contributed by atoms with E-state index in [1.165, 1.54) is 11.3 Å². The lowest BCUT2D eigenvalue weighted by atomic mass is 10.3. The van der Waals surface area contributed by atoms with Crippen LogP contribution in [0.5, 0.6) is 0 Å². The van der Waals surface area contributed by atoms with Crippen LogP contribution in [0.4, 0.5) is 5.82 Å². The lowest BCUT2D eigenvalue weighted by Crippen LogP contribution is -2.18. The summed E-state index contributed by atoms with van der Waals surface area (Å²) in [6.45, 7) is 4.15. The normalized spacial score (nSPS) is 11.2. The molecule has 0 aromatic carbocycles. The molecule has 8 nitrogen and oxygen atoms in total.